The molecule has 3 aromatic rings. The van der Waals surface area contributed by atoms with Gasteiger partial charge in [0.25, 0.3) is 5.91 Å². The Balaban J connectivity index is 1.65. The smallest absolute Gasteiger partial charge is 0.259 e. The highest BCUT2D eigenvalue weighted by atomic mass is 35.5. The minimum Gasteiger partial charge on any atom is -0.311 e. The van der Waals surface area contributed by atoms with Gasteiger partial charge >= 0.3 is 0 Å². The van der Waals surface area contributed by atoms with E-state index in [2.05, 4.69) is 0 Å². The first kappa shape index (κ1) is 20.6. The van der Waals surface area contributed by atoms with Crippen LogP contribution in [0.5, 0.6) is 0 Å². The Labute approximate surface area is 181 Å². The molecule has 0 fully saturated rings. The molecular weight excluding hydrogens is 420 g/mol. The molecule has 1 amide bonds. The van der Waals surface area contributed by atoms with Gasteiger partial charge in [-0.2, -0.15) is 4.31 Å². The van der Waals surface area contributed by atoms with Crippen molar-refractivity contribution in [2.45, 2.75) is 17.9 Å². The van der Waals surface area contributed by atoms with E-state index in [1.807, 2.05) is 42.5 Å². The monoisotopic (exact) mass is 440 g/mol. The van der Waals surface area contributed by atoms with Crippen molar-refractivity contribution < 1.29 is 13.2 Å². The number of carbonyl (C=O) groups is 1. The second-order valence-electron chi connectivity index (χ2n) is 7.20. The third-order valence-electron chi connectivity index (χ3n) is 5.35. The fraction of sp³-hybridized carbons (Fsp3) is 0.174. The van der Waals surface area contributed by atoms with E-state index in [4.69, 9.17) is 11.6 Å². The van der Waals surface area contributed by atoms with Crippen molar-refractivity contribution in [1.82, 2.24) is 4.31 Å². The number of hydrogen-bond acceptors (Lipinski definition) is 3. The van der Waals surface area contributed by atoms with Gasteiger partial charge in [-0.25, -0.2) is 8.42 Å². The van der Waals surface area contributed by atoms with Gasteiger partial charge in [0.1, 0.15) is 0 Å². The van der Waals surface area contributed by atoms with E-state index < -0.39 is 10.0 Å². The van der Waals surface area contributed by atoms with Crippen LogP contribution in [0.2, 0.25) is 5.02 Å². The second-order valence-corrected chi connectivity index (χ2v) is 9.54. The Morgan fingerprint density at radius 3 is 2.37 bits per heavy atom. The summed E-state index contributed by atoms with van der Waals surface area (Å²) in [5, 5.41) is 0.214. The van der Waals surface area contributed by atoms with Crippen molar-refractivity contribution >= 4 is 33.2 Å². The minimum absolute atomic E-state index is 0.0658. The number of amides is 1. The Morgan fingerprint density at radius 2 is 1.63 bits per heavy atom. The van der Waals surface area contributed by atoms with Gasteiger partial charge in [-0.15, -0.1) is 0 Å². The minimum atomic E-state index is -3.76. The Kier molecular flexibility index (Phi) is 5.64. The molecule has 7 heteroatoms. The summed E-state index contributed by atoms with van der Waals surface area (Å²) < 4.78 is 28.0. The zero-order valence-electron chi connectivity index (χ0n) is 16.5. The maximum atomic E-state index is 13.3. The molecule has 0 bridgehead atoms. The van der Waals surface area contributed by atoms with Crippen LogP contribution in [0.3, 0.4) is 0 Å². The van der Waals surface area contributed by atoms with E-state index in [9.17, 15) is 13.2 Å². The van der Waals surface area contributed by atoms with Crippen LogP contribution >= 0.6 is 11.6 Å². The maximum Gasteiger partial charge on any atom is 0.259 e. The number of hydrogen-bond donors (Lipinski definition) is 0. The molecule has 3 aromatic carbocycles. The number of sulfonamides is 1. The van der Waals surface area contributed by atoms with Gasteiger partial charge < -0.3 is 4.90 Å². The van der Waals surface area contributed by atoms with Crippen LogP contribution in [0.4, 0.5) is 5.69 Å². The van der Waals surface area contributed by atoms with Crippen molar-refractivity contribution in [2.24, 2.45) is 0 Å². The number of fused-ring (bicyclic) bond motifs is 1. The predicted octanol–water partition coefficient (Wildman–Crippen LogP) is 4.36. The number of benzene rings is 3. The zero-order chi connectivity index (χ0) is 21.3. The number of rotatable bonds is 4. The quantitative estimate of drug-likeness (QED) is 0.605. The molecule has 154 valence electrons. The van der Waals surface area contributed by atoms with Gasteiger partial charge in [0.05, 0.1) is 15.5 Å². The van der Waals surface area contributed by atoms with Gasteiger partial charge in [0, 0.05) is 25.8 Å². The van der Waals surface area contributed by atoms with Gasteiger partial charge in [0.15, 0.2) is 0 Å². The summed E-state index contributed by atoms with van der Waals surface area (Å²) in [6.07, 6.45) is 0.658. The number of nitrogens with zero attached hydrogens (tertiary/aromatic N) is 2. The number of para-hydroxylation sites is 1. The van der Waals surface area contributed by atoms with Gasteiger partial charge in [-0.05, 0) is 47.9 Å². The lowest BCUT2D eigenvalue weighted by Crippen LogP contribution is -2.36. The van der Waals surface area contributed by atoms with Crippen molar-refractivity contribution in [3.63, 3.8) is 0 Å². The Morgan fingerprint density at radius 1 is 0.967 bits per heavy atom. The Bertz CT molecular complexity index is 1200. The molecule has 0 N–H and O–H groups in total. The van der Waals surface area contributed by atoms with E-state index in [0.717, 1.165) is 5.56 Å². The first-order valence-corrected chi connectivity index (χ1v) is 11.4. The fourth-order valence-corrected chi connectivity index (χ4v) is 5.25. The fourth-order valence-electron chi connectivity index (χ4n) is 3.60. The molecule has 0 aliphatic carbocycles. The molecule has 0 saturated heterocycles. The maximum absolute atomic E-state index is 13.3. The highest BCUT2D eigenvalue weighted by Gasteiger charge is 2.29. The second kappa shape index (κ2) is 8.22. The lowest BCUT2D eigenvalue weighted by Gasteiger charge is -2.28. The van der Waals surface area contributed by atoms with E-state index in [0.29, 0.717) is 25.2 Å². The van der Waals surface area contributed by atoms with Crippen LogP contribution in [0.15, 0.2) is 77.7 Å². The van der Waals surface area contributed by atoms with Gasteiger partial charge in [-0.1, -0.05) is 54.1 Å². The number of carbonyl (C=O) groups excluding carboxylic acids is 1. The van der Waals surface area contributed by atoms with E-state index >= 15 is 0 Å². The van der Waals surface area contributed by atoms with Crippen molar-refractivity contribution in [1.29, 1.82) is 0 Å². The lowest BCUT2D eigenvalue weighted by molar-refractivity contribution is 0.0993. The average molecular weight is 441 g/mol. The topological polar surface area (TPSA) is 57.7 Å². The van der Waals surface area contributed by atoms with Crippen molar-refractivity contribution in [3.05, 3.63) is 94.5 Å². The molecule has 1 aliphatic heterocycles. The standard InChI is InChI=1S/C23H21ClN2O3S/c1-25(19-9-3-2-4-10-19)23(27)21-15-20(11-12-22(21)24)30(28,29)26-14-13-17-7-5-6-8-18(17)16-26/h2-12,15H,13-14,16H2,1H3. The van der Waals surface area contributed by atoms with Crippen LogP contribution in [0, 0.1) is 0 Å². The predicted molar refractivity (Wildman–Crippen MR) is 118 cm³/mol. The summed E-state index contributed by atoms with van der Waals surface area (Å²) in [5.74, 6) is -0.368. The van der Waals surface area contributed by atoms with Crippen molar-refractivity contribution in [2.75, 3.05) is 18.5 Å². The highest BCUT2D eigenvalue weighted by Crippen LogP contribution is 2.28. The molecule has 0 saturated carbocycles. The number of halogens is 1. The summed E-state index contributed by atoms with van der Waals surface area (Å²) in [4.78, 5) is 14.5. The highest BCUT2D eigenvalue weighted by molar-refractivity contribution is 7.89. The van der Waals surface area contributed by atoms with Gasteiger partial charge in [0.2, 0.25) is 10.0 Å². The summed E-state index contributed by atoms with van der Waals surface area (Å²) >= 11 is 6.27. The molecule has 0 radical (unpaired) electrons. The molecule has 0 aromatic heterocycles. The molecule has 30 heavy (non-hydrogen) atoms. The molecule has 1 aliphatic rings. The van der Waals surface area contributed by atoms with Crippen LogP contribution in [-0.4, -0.2) is 32.2 Å². The molecule has 5 nitrogen and oxygen atoms in total. The van der Waals surface area contributed by atoms with Crippen LogP contribution < -0.4 is 4.90 Å². The third kappa shape index (κ3) is 3.86. The van der Waals surface area contributed by atoms with E-state index in [1.54, 1.807) is 19.2 Å². The van der Waals surface area contributed by atoms with Crippen LogP contribution in [-0.2, 0) is 23.0 Å². The van der Waals surface area contributed by atoms with E-state index in [1.165, 1.54) is 33.0 Å². The van der Waals surface area contributed by atoms with Gasteiger partial charge in [-0.3, -0.25) is 4.79 Å². The number of anilines is 1. The van der Waals surface area contributed by atoms with Crippen LogP contribution in [0.25, 0.3) is 0 Å². The third-order valence-corrected chi connectivity index (χ3v) is 7.52. The summed E-state index contributed by atoms with van der Waals surface area (Å²) in [6, 6.07) is 21.3. The van der Waals surface area contributed by atoms with E-state index in [-0.39, 0.29) is 21.4 Å². The average Bonchev–Trinajstić information content (AvgIpc) is 2.78. The zero-order valence-corrected chi connectivity index (χ0v) is 18.0. The largest absolute Gasteiger partial charge is 0.311 e. The summed E-state index contributed by atoms with van der Waals surface area (Å²) in [6.45, 7) is 0.712. The van der Waals surface area contributed by atoms with Crippen LogP contribution in [0.1, 0.15) is 21.5 Å². The Hall–Kier alpha value is -2.67. The molecule has 0 unspecified atom stereocenters. The first-order chi connectivity index (χ1) is 14.4. The molecule has 4 rings (SSSR count). The normalized spacial score (nSPS) is 14.2. The molecule has 0 atom stereocenters. The lowest BCUT2D eigenvalue weighted by atomic mass is 10.0. The molecular formula is C23H21ClN2O3S. The SMILES string of the molecule is CN(C(=O)c1cc(S(=O)(=O)N2CCc3ccccc3C2)ccc1Cl)c1ccccc1. The molecule has 0 spiro atoms. The first-order valence-electron chi connectivity index (χ1n) is 9.57. The van der Waals surface area contributed by atoms with Crippen molar-refractivity contribution in [3.8, 4) is 0 Å². The summed E-state index contributed by atoms with van der Waals surface area (Å²) in [5.41, 5.74) is 3.02. The molecule has 1 heterocycles. The summed E-state index contributed by atoms with van der Waals surface area (Å²) in [7, 11) is -2.13.